The number of amides is 1. The van der Waals surface area contributed by atoms with E-state index in [4.69, 9.17) is 0 Å². The molecule has 20 heavy (non-hydrogen) atoms. The molecule has 2 aromatic carbocycles. The Morgan fingerprint density at radius 1 is 1.15 bits per heavy atom. The highest BCUT2D eigenvalue weighted by Gasteiger charge is 2.07. The summed E-state index contributed by atoms with van der Waals surface area (Å²) in [5, 5.41) is 6.07. The Hall–Kier alpha value is -1.65. The first kappa shape index (κ1) is 14.8. The first-order valence-electron chi connectivity index (χ1n) is 6.46. The van der Waals surface area contributed by atoms with Crippen LogP contribution in [0.25, 0.3) is 0 Å². The molecule has 0 saturated carbocycles. The van der Waals surface area contributed by atoms with E-state index in [-0.39, 0.29) is 5.91 Å². The van der Waals surface area contributed by atoms with Gasteiger partial charge in [0.2, 0.25) is 5.91 Å². The normalized spacial score (nSPS) is 10.3. The Kier molecular flexibility index (Phi) is 5.32. The Morgan fingerprint density at radius 2 is 1.95 bits per heavy atom. The topological polar surface area (TPSA) is 41.1 Å². The summed E-state index contributed by atoms with van der Waals surface area (Å²) in [6.07, 6.45) is 0.368. The van der Waals surface area contributed by atoms with Gasteiger partial charge < -0.3 is 10.6 Å². The van der Waals surface area contributed by atoms with Crippen molar-refractivity contribution >= 4 is 27.5 Å². The standard InChI is InChI=1S/C16H17BrN2O/c1-18-11-13-6-2-3-8-15(13)19-16(20)10-12-5-4-7-14(17)9-12/h2-9,18H,10-11H2,1H3,(H,19,20). The summed E-state index contributed by atoms with van der Waals surface area (Å²) in [7, 11) is 1.89. The summed E-state index contributed by atoms with van der Waals surface area (Å²) >= 11 is 3.41. The van der Waals surface area contributed by atoms with Crippen LogP contribution in [0.1, 0.15) is 11.1 Å². The van der Waals surface area contributed by atoms with Crippen LogP contribution < -0.4 is 10.6 Å². The van der Waals surface area contributed by atoms with Crippen LogP contribution in [0, 0.1) is 0 Å². The Bertz CT molecular complexity index is 599. The molecule has 0 aliphatic heterocycles. The average Bonchev–Trinajstić information content (AvgIpc) is 2.41. The van der Waals surface area contributed by atoms with Gasteiger partial charge in [0, 0.05) is 16.7 Å². The highest BCUT2D eigenvalue weighted by Crippen LogP contribution is 2.16. The monoisotopic (exact) mass is 332 g/mol. The van der Waals surface area contributed by atoms with Crippen molar-refractivity contribution in [1.29, 1.82) is 0 Å². The molecule has 104 valence electrons. The second kappa shape index (κ2) is 7.22. The molecule has 0 fully saturated rings. The van der Waals surface area contributed by atoms with E-state index in [1.807, 2.05) is 55.6 Å². The third kappa shape index (κ3) is 4.18. The van der Waals surface area contributed by atoms with E-state index in [1.165, 1.54) is 0 Å². The predicted molar refractivity (Wildman–Crippen MR) is 85.7 cm³/mol. The fraction of sp³-hybridized carbons (Fsp3) is 0.188. The van der Waals surface area contributed by atoms with Gasteiger partial charge in [-0.25, -0.2) is 0 Å². The second-order valence-electron chi connectivity index (χ2n) is 4.54. The van der Waals surface area contributed by atoms with Crippen LogP contribution in [0.2, 0.25) is 0 Å². The molecule has 4 heteroatoms. The lowest BCUT2D eigenvalue weighted by Crippen LogP contribution is -2.17. The van der Waals surface area contributed by atoms with Crippen molar-refractivity contribution in [3.63, 3.8) is 0 Å². The Morgan fingerprint density at radius 3 is 2.70 bits per heavy atom. The first-order chi connectivity index (χ1) is 9.69. The van der Waals surface area contributed by atoms with Gasteiger partial charge in [0.25, 0.3) is 0 Å². The van der Waals surface area contributed by atoms with Crippen molar-refractivity contribution in [3.05, 3.63) is 64.1 Å². The molecule has 3 nitrogen and oxygen atoms in total. The van der Waals surface area contributed by atoms with Gasteiger partial charge in [0.05, 0.1) is 6.42 Å². The van der Waals surface area contributed by atoms with Crippen LogP contribution in [-0.2, 0) is 17.8 Å². The number of carbonyl (C=O) groups excluding carboxylic acids is 1. The highest BCUT2D eigenvalue weighted by atomic mass is 79.9. The quantitative estimate of drug-likeness (QED) is 0.881. The van der Waals surface area contributed by atoms with Gasteiger partial charge in [0.15, 0.2) is 0 Å². The molecule has 2 N–H and O–H groups in total. The molecule has 0 aliphatic carbocycles. The Labute approximate surface area is 127 Å². The predicted octanol–water partition coefficient (Wildman–Crippen LogP) is 3.35. The van der Waals surface area contributed by atoms with Gasteiger partial charge >= 0.3 is 0 Å². The molecule has 0 bridgehead atoms. The number of nitrogens with one attached hydrogen (secondary N) is 2. The van der Waals surface area contributed by atoms with Crippen molar-refractivity contribution in [1.82, 2.24) is 5.32 Å². The molecule has 0 saturated heterocycles. The number of benzene rings is 2. The van der Waals surface area contributed by atoms with Crippen LogP contribution in [0.15, 0.2) is 53.0 Å². The molecule has 0 heterocycles. The van der Waals surface area contributed by atoms with Crippen LogP contribution in [0.4, 0.5) is 5.69 Å². The Balaban J connectivity index is 2.05. The van der Waals surface area contributed by atoms with Gasteiger partial charge in [-0.15, -0.1) is 0 Å². The number of hydrogen-bond acceptors (Lipinski definition) is 2. The smallest absolute Gasteiger partial charge is 0.228 e. The number of halogens is 1. The van der Waals surface area contributed by atoms with Gasteiger partial charge in [-0.1, -0.05) is 46.3 Å². The van der Waals surface area contributed by atoms with Crippen molar-refractivity contribution in [2.24, 2.45) is 0 Å². The van der Waals surface area contributed by atoms with Crippen LogP contribution in [0.3, 0.4) is 0 Å². The van der Waals surface area contributed by atoms with E-state index in [1.54, 1.807) is 0 Å². The minimum Gasteiger partial charge on any atom is -0.325 e. The van der Waals surface area contributed by atoms with E-state index < -0.39 is 0 Å². The molecule has 2 aromatic rings. The fourth-order valence-electron chi connectivity index (χ4n) is 2.01. The third-order valence-electron chi connectivity index (χ3n) is 2.91. The van der Waals surface area contributed by atoms with E-state index in [2.05, 4.69) is 26.6 Å². The van der Waals surface area contributed by atoms with Crippen molar-refractivity contribution in [3.8, 4) is 0 Å². The summed E-state index contributed by atoms with van der Waals surface area (Å²) < 4.78 is 0.985. The maximum atomic E-state index is 12.1. The zero-order valence-electron chi connectivity index (χ0n) is 11.3. The van der Waals surface area contributed by atoms with Crippen molar-refractivity contribution in [2.45, 2.75) is 13.0 Å². The van der Waals surface area contributed by atoms with Crippen LogP contribution in [0.5, 0.6) is 0 Å². The molecule has 0 aliphatic rings. The van der Waals surface area contributed by atoms with Crippen molar-refractivity contribution in [2.75, 3.05) is 12.4 Å². The maximum absolute atomic E-state index is 12.1. The largest absolute Gasteiger partial charge is 0.325 e. The second-order valence-corrected chi connectivity index (χ2v) is 5.46. The molecular formula is C16H17BrN2O. The van der Waals surface area contributed by atoms with Gasteiger partial charge in [-0.3, -0.25) is 4.79 Å². The molecule has 2 rings (SSSR count). The van der Waals surface area contributed by atoms with E-state index >= 15 is 0 Å². The van der Waals surface area contributed by atoms with E-state index in [9.17, 15) is 4.79 Å². The number of carbonyl (C=O) groups is 1. The molecule has 0 radical (unpaired) electrons. The van der Waals surface area contributed by atoms with E-state index in [0.29, 0.717) is 6.42 Å². The summed E-state index contributed by atoms with van der Waals surface area (Å²) in [5.41, 5.74) is 2.93. The minimum absolute atomic E-state index is 0.00773. The lowest BCUT2D eigenvalue weighted by Gasteiger charge is -2.10. The number of anilines is 1. The molecule has 1 amide bonds. The maximum Gasteiger partial charge on any atom is 0.228 e. The SMILES string of the molecule is CNCc1ccccc1NC(=O)Cc1cccc(Br)c1. The zero-order chi connectivity index (χ0) is 14.4. The molecule has 0 spiro atoms. The van der Waals surface area contributed by atoms with Gasteiger partial charge in [-0.05, 0) is 36.4 Å². The fourth-order valence-corrected chi connectivity index (χ4v) is 2.46. The van der Waals surface area contributed by atoms with Crippen LogP contribution >= 0.6 is 15.9 Å². The summed E-state index contributed by atoms with van der Waals surface area (Å²) in [4.78, 5) is 12.1. The molecule has 0 unspecified atom stereocenters. The van der Waals surface area contributed by atoms with Crippen LogP contribution in [-0.4, -0.2) is 13.0 Å². The lowest BCUT2D eigenvalue weighted by atomic mass is 10.1. The summed E-state index contributed by atoms with van der Waals surface area (Å²) in [6, 6.07) is 15.6. The third-order valence-corrected chi connectivity index (χ3v) is 3.41. The van der Waals surface area contributed by atoms with Crippen molar-refractivity contribution < 1.29 is 4.79 Å². The molecule has 0 aromatic heterocycles. The number of hydrogen-bond donors (Lipinski definition) is 2. The summed E-state index contributed by atoms with van der Waals surface area (Å²) in [6.45, 7) is 0.730. The zero-order valence-corrected chi connectivity index (χ0v) is 12.9. The number of rotatable bonds is 5. The van der Waals surface area contributed by atoms with Gasteiger partial charge in [-0.2, -0.15) is 0 Å². The first-order valence-corrected chi connectivity index (χ1v) is 7.25. The average molecular weight is 333 g/mol. The minimum atomic E-state index is -0.00773. The van der Waals surface area contributed by atoms with E-state index in [0.717, 1.165) is 27.8 Å². The lowest BCUT2D eigenvalue weighted by molar-refractivity contribution is -0.115. The summed E-state index contributed by atoms with van der Waals surface area (Å²) in [5.74, 6) is -0.00773. The molecule has 0 atom stereocenters. The molecular weight excluding hydrogens is 316 g/mol. The van der Waals surface area contributed by atoms with Gasteiger partial charge in [0.1, 0.15) is 0 Å². The highest BCUT2D eigenvalue weighted by molar-refractivity contribution is 9.10. The number of para-hydroxylation sites is 1.